The molecule has 134 valence electrons. The fraction of sp³-hybridized carbons (Fsp3) is 0.579. The van der Waals surface area contributed by atoms with Gasteiger partial charge in [-0.05, 0) is 44.2 Å². The molecule has 2 aromatic rings. The summed E-state index contributed by atoms with van der Waals surface area (Å²) in [7, 11) is 0. The largest absolute Gasteiger partial charge is 0.441 e. The molecule has 1 amide bonds. The predicted molar refractivity (Wildman–Crippen MR) is 98.6 cm³/mol. The molecule has 4 heterocycles. The molecule has 2 saturated heterocycles. The van der Waals surface area contributed by atoms with Crippen molar-refractivity contribution in [1.82, 2.24) is 14.8 Å². The fourth-order valence-corrected chi connectivity index (χ4v) is 4.81. The van der Waals surface area contributed by atoms with E-state index in [1.165, 1.54) is 0 Å². The van der Waals surface area contributed by atoms with E-state index in [4.69, 9.17) is 4.42 Å². The van der Waals surface area contributed by atoms with Crippen LogP contribution in [0.5, 0.6) is 0 Å². The Labute approximate surface area is 152 Å². The molecule has 0 saturated carbocycles. The molecular weight excluding hydrogens is 334 g/mol. The molecule has 0 unspecified atom stereocenters. The Morgan fingerprint density at radius 3 is 2.96 bits per heavy atom. The highest BCUT2D eigenvalue weighted by atomic mass is 32.1. The minimum atomic E-state index is 0.207. The van der Waals surface area contributed by atoms with Crippen molar-refractivity contribution in [2.24, 2.45) is 0 Å². The molecule has 25 heavy (non-hydrogen) atoms. The maximum atomic E-state index is 13.1. The number of likely N-dealkylation sites (tertiary alicyclic amines) is 1. The van der Waals surface area contributed by atoms with E-state index < -0.39 is 0 Å². The Morgan fingerprint density at radius 2 is 2.20 bits per heavy atom. The normalized spacial score (nSPS) is 23.8. The quantitative estimate of drug-likeness (QED) is 0.840. The van der Waals surface area contributed by atoms with Crippen LogP contribution in [0.25, 0.3) is 11.5 Å². The summed E-state index contributed by atoms with van der Waals surface area (Å²) in [5.41, 5.74) is 1.77. The third kappa shape index (κ3) is 3.25. The number of aryl methyl sites for hydroxylation is 1. The number of oxazole rings is 1. The second-order valence-corrected chi connectivity index (χ2v) is 7.86. The third-order valence-corrected chi connectivity index (χ3v) is 6.27. The molecule has 2 fully saturated rings. The van der Waals surface area contributed by atoms with Crippen LogP contribution in [0, 0.1) is 6.92 Å². The predicted octanol–water partition coefficient (Wildman–Crippen LogP) is 3.34. The Hall–Kier alpha value is -1.66. The third-order valence-electron chi connectivity index (χ3n) is 5.58. The highest BCUT2D eigenvalue weighted by Gasteiger charge is 2.39. The van der Waals surface area contributed by atoms with Crippen molar-refractivity contribution in [3.8, 4) is 11.5 Å². The molecule has 5 nitrogen and oxygen atoms in total. The van der Waals surface area contributed by atoms with Gasteiger partial charge in [0.05, 0.1) is 12.1 Å². The summed E-state index contributed by atoms with van der Waals surface area (Å²) < 4.78 is 5.79. The van der Waals surface area contributed by atoms with Crippen LogP contribution in [0.15, 0.2) is 21.2 Å². The number of aromatic nitrogens is 1. The maximum absolute atomic E-state index is 13.1. The Bertz CT molecular complexity index is 740. The number of nitrogens with zero attached hydrogens (tertiary/aromatic N) is 3. The van der Waals surface area contributed by atoms with Gasteiger partial charge >= 0.3 is 0 Å². The summed E-state index contributed by atoms with van der Waals surface area (Å²) in [5, 5.41) is 4.03. The van der Waals surface area contributed by atoms with Crippen molar-refractivity contribution in [2.45, 2.75) is 51.6 Å². The summed E-state index contributed by atoms with van der Waals surface area (Å²) in [4.78, 5) is 22.3. The van der Waals surface area contributed by atoms with Gasteiger partial charge in [0.25, 0.3) is 0 Å². The lowest BCUT2D eigenvalue weighted by Crippen LogP contribution is -2.43. The molecular formula is C19H25N3O2S. The van der Waals surface area contributed by atoms with Gasteiger partial charge in [-0.1, -0.05) is 6.92 Å². The first-order valence-corrected chi connectivity index (χ1v) is 10.1. The number of likely N-dealkylation sites (N-methyl/N-ethyl adjacent to an activating group) is 1. The zero-order valence-corrected chi connectivity index (χ0v) is 15.7. The zero-order chi connectivity index (χ0) is 17.4. The Balaban J connectivity index is 1.50. The maximum Gasteiger partial charge on any atom is 0.229 e. The monoisotopic (exact) mass is 359 g/mol. The van der Waals surface area contributed by atoms with Gasteiger partial charge < -0.3 is 14.2 Å². The Morgan fingerprint density at radius 1 is 1.36 bits per heavy atom. The molecule has 0 aromatic carbocycles. The van der Waals surface area contributed by atoms with Crippen LogP contribution in [0.2, 0.25) is 0 Å². The lowest BCUT2D eigenvalue weighted by atomic mass is 10.1. The average Bonchev–Trinajstić information content (AvgIpc) is 3.28. The van der Waals surface area contributed by atoms with Crippen molar-refractivity contribution < 1.29 is 9.21 Å². The number of carbonyl (C=O) groups excluding carboxylic acids is 1. The van der Waals surface area contributed by atoms with E-state index in [1.54, 1.807) is 11.3 Å². The average molecular weight is 359 g/mol. The fourth-order valence-electron chi connectivity index (χ4n) is 4.18. The van der Waals surface area contributed by atoms with Gasteiger partial charge in [-0.15, -0.1) is 0 Å². The molecule has 2 aromatic heterocycles. The SMILES string of the molecule is CCN1CC[C@H]2CC[C@@H](C1)N2C(=O)Cc1nc(-c2ccsc2)oc1C. The van der Waals surface area contributed by atoms with Crippen LogP contribution in [0.4, 0.5) is 0 Å². The van der Waals surface area contributed by atoms with Crippen molar-refractivity contribution in [1.29, 1.82) is 0 Å². The highest BCUT2D eigenvalue weighted by molar-refractivity contribution is 7.08. The molecule has 2 atom stereocenters. The molecule has 0 aliphatic carbocycles. The number of carbonyl (C=O) groups is 1. The van der Waals surface area contributed by atoms with Gasteiger partial charge in [-0.3, -0.25) is 4.79 Å². The second kappa shape index (κ2) is 6.92. The van der Waals surface area contributed by atoms with Gasteiger partial charge in [0.15, 0.2) is 0 Å². The van der Waals surface area contributed by atoms with Crippen molar-refractivity contribution in [3.63, 3.8) is 0 Å². The smallest absolute Gasteiger partial charge is 0.229 e. The van der Waals surface area contributed by atoms with Gasteiger partial charge in [0.2, 0.25) is 11.8 Å². The first-order valence-electron chi connectivity index (χ1n) is 9.18. The molecule has 2 aliphatic heterocycles. The number of thiophene rings is 1. The number of hydrogen-bond donors (Lipinski definition) is 0. The van der Waals surface area contributed by atoms with Crippen LogP contribution >= 0.6 is 11.3 Å². The van der Waals surface area contributed by atoms with Crippen molar-refractivity contribution >= 4 is 17.2 Å². The van der Waals surface area contributed by atoms with Crippen LogP contribution < -0.4 is 0 Å². The topological polar surface area (TPSA) is 49.6 Å². The van der Waals surface area contributed by atoms with Crippen molar-refractivity contribution in [2.75, 3.05) is 19.6 Å². The lowest BCUT2D eigenvalue weighted by molar-refractivity contribution is -0.133. The molecule has 2 aliphatic rings. The molecule has 0 radical (unpaired) electrons. The zero-order valence-electron chi connectivity index (χ0n) is 14.9. The van der Waals surface area contributed by atoms with Gasteiger partial charge in [-0.2, -0.15) is 11.3 Å². The number of rotatable bonds is 4. The van der Waals surface area contributed by atoms with E-state index in [-0.39, 0.29) is 5.91 Å². The van der Waals surface area contributed by atoms with E-state index in [1.807, 2.05) is 23.8 Å². The summed E-state index contributed by atoms with van der Waals surface area (Å²) >= 11 is 1.62. The Kier molecular flexibility index (Phi) is 4.65. The van der Waals surface area contributed by atoms with Gasteiger partial charge in [-0.25, -0.2) is 4.98 Å². The lowest BCUT2D eigenvalue weighted by Gasteiger charge is -2.28. The minimum Gasteiger partial charge on any atom is -0.441 e. The van der Waals surface area contributed by atoms with E-state index >= 15 is 0 Å². The number of amides is 1. The highest BCUT2D eigenvalue weighted by Crippen LogP contribution is 2.31. The summed E-state index contributed by atoms with van der Waals surface area (Å²) in [6.07, 6.45) is 3.71. The summed E-state index contributed by atoms with van der Waals surface area (Å²) in [6.45, 7) is 7.29. The molecule has 4 rings (SSSR count). The first-order chi connectivity index (χ1) is 12.2. The van der Waals surface area contributed by atoms with Crippen LogP contribution in [0.3, 0.4) is 0 Å². The number of fused-ring (bicyclic) bond motifs is 2. The first kappa shape index (κ1) is 16.8. The second-order valence-electron chi connectivity index (χ2n) is 7.08. The molecule has 6 heteroatoms. The van der Waals surface area contributed by atoms with Crippen LogP contribution in [-0.4, -0.2) is 52.4 Å². The molecule has 2 bridgehead atoms. The van der Waals surface area contributed by atoms with Crippen molar-refractivity contribution in [3.05, 3.63) is 28.3 Å². The summed E-state index contributed by atoms with van der Waals surface area (Å²) in [5.74, 6) is 1.59. The number of hydrogen-bond acceptors (Lipinski definition) is 5. The van der Waals surface area contributed by atoms with E-state index in [2.05, 4.69) is 21.7 Å². The summed E-state index contributed by atoms with van der Waals surface area (Å²) in [6, 6.07) is 2.76. The van der Waals surface area contributed by atoms with Crippen LogP contribution in [0.1, 0.15) is 37.6 Å². The standard InChI is InChI=1S/C19H25N3O2S/c1-3-21-8-6-15-4-5-16(11-21)22(15)18(23)10-17-13(2)24-19(20-17)14-7-9-25-12-14/h7,9,12,15-16H,3-6,8,10-11H2,1-2H3/t15-,16+/m1/s1. The molecule has 0 spiro atoms. The van der Waals surface area contributed by atoms with E-state index in [9.17, 15) is 4.79 Å². The minimum absolute atomic E-state index is 0.207. The van der Waals surface area contributed by atoms with Crippen LogP contribution in [-0.2, 0) is 11.2 Å². The van der Waals surface area contributed by atoms with Gasteiger partial charge in [0.1, 0.15) is 5.76 Å². The molecule has 0 N–H and O–H groups in total. The van der Waals surface area contributed by atoms with E-state index in [0.717, 1.165) is 55.9 Å². The van der Waals surface area contributed by atoms with Gasteiger partial charge in [0, 0.05) is 36.1 Å². The van der Waals surface area contributed by atoms with E-state index in [0.29, 0.717) is 24.4 Å².